The molecule has 0 heterocycles. The van der Waals surface area contributed by atoms with E-state index in [9.17, 15) is 0 Å². The number of rotatable bonds is 8. The summed E-state index contributed by atoms with van der Waals surface area (Å²) in [6.45, 7) is 4.48. The van der Waals surface area contributed by atoms with Gasteiger partial charge < -0.3 is 0 Å². The van der Waals surface area contributed by atoms with Gasteiger partial charge in [0, 0.05) is 10.9 Å². The second kappa shape index (κ2) is 12.2. The number of benzene rings is 3. The molecule has 3 aromatic carbocycles. The maximum Gasteiger partial charge on any atom is 0.146 e. The average Bonchev–Trinajstić information content (AvgIpc) is 2.88. The molecule has 0 saturated heterocycles. The Kier molecular flexibility index (Phi) is 8.81. The van der Waals surface area contributed by atoms with Crippen molar-refractivity contribution in [3.05, 3.63) is 82.7 Å². The van der Waals surface area contributed by atoms with Crippen LogP contribution in [0.5, 0.6) is 0 Å². The lowest BCUT2D eigenvalue weighted by atomic mass is 9.77. The Morgan fingerprint density at radius 2 is 1.56 bits per heavy atom. The fourth-order valence-electron chi connectivity index (χ4n) is 5.42. The van der Waals surface area contributed by atoms with Crippen molar-refractivity contribution in [2.75, 3.05) is 0 Å². The Balaban J connectivity index is 1.39. The van der Waals surface area contributed by atoms with E-state index >= 15 is 4.39 Å². The van der Waals surface area contributed by atoms with Gasteiger partial charge in [0.1, 0.15) is 5.82 Å². The number of hydrogen-bond acceptors (Lipinski definition) is 0. The van der Waals surface area contributed by atoms with E-state index in [1.165, 1.54) is 68.9 Å². The van der Waals surface area contributed by atoms with Gasteiger partial charge in [-0.05, 0) is 85.1 Å². The Morgan fingerprint density at radius 3 is 2.29 bits per heavy atom. The third kappa shape index (κ3) is 6.29. The molecule has 0 N–H and O–H groups in total. The summed E-state index contributed by atoms with van der Waals surface area (Å²) in [6, 6.07) is 18.6. The summed E-state index contributed by atoms with van der Waals surface area (Å²) in [5.74, 6) is 7.67. The third-order valence-corrected chi connectivity index (χ3v) is 7.62. The number of unbranched alkanes of at least 4 members (excludes halogenated alkanes) is 3. The van der Waals surface area contributed by atoms with Crippen LogP contribution in [0.4, 0.5) is 4.39 Å². The van der Waals surface area contributed by atoms with Gasteiger partial charge in [-0.1, -0.05) is 94.2 Å². The highest BCUT2D eigenvalue weighted by Gasteiger charge is 2.21. The van der Waals surface area contributed by atoms with Crippen LogP contribution in [0.1, 0.15) is 106 Å². The highest BCUT2D eigenvalue weighted by molar-refractivity contribution is 5.85. The van der Waals surface area contributed by atoms with E-state index in [0.29, 0.717) is 16.9 Å². The van der Waals surface area contributed by atoms with Gasteiger partial charge in [0.05, 0.1) is 5.56 Å². The molecule has 178 valence electrons. The molecule has 0 aliphatic heterocycles. The van der Waals surface area contributed by atoms with Crippen molar-refractivity contribution in [2.45, 2.75) is 90.4 Å². The van der Waals surface area contributed by atoms with Gasteiger partial charge in [-0.15, -0.1) is 0 Å². The van der Waals surface area contributed by atoms with E-state index in [2.05, 4.69) is 62.1 Å². The molecule has 0 radical (unpaired) electrons. The molecule has 3 aromatic rings. The first-order valence-electron chi connectivity index (χ1n) is 13.5. The molecule has 0 atom stereocenters. The molecule has 1 saturated carbocycles. The first-order valence-corrected chi connectivity index (χ1v) is 13.5. The molecule has 34 heavy (non-hydrogen) atoms. The van der Waals surface area contributed by atoms with Crippen LogP contribution in [0.2, 0.25) is 0 Å². The smallest absolute Gasteiger partial charge is 0.146 e. The quantitative estimate of drug-likeness (QED) is 0.235. The molecule has 4 rings (SSSR count). The van der Waals surface area contributed by atoms with Gasteiger partial charge in [0.2, 0.25) is 0 Å². The van der Waals surface area contributed by atoms with Crippen LogP contribution in [0.25, 0.3) is 10.8 Å². The van der Waals surface area contributed by atoms with Crippen LogP contribution >= 0.6 is 0 Å². The first kappa shape index (κ1) is 24.5. The van der Waals surface area contributed by atoms with E-state index in [1.54, 1.807) is 0 Å². The minimum absolute atomic E-state index is 0.209. The van der Waals surface area contributed by atoms with E-state index in [0.717, 1.165) is 29.7 Å². The van der Waals surface area contributed by atoms with Gasteiger partial charge in [-0.2, -0.15) is 0 Å². The largest absolute Gasteiger partial charge is 0.205 e. The van der Waals surface area contributed by atoms with Crippen molar-refractivity contribution < 1.29 is 4.39 Å². The number of hydrogen-bond donors (Lipinski definition) is 0. The number of fused-ring (bicyclic) bond motifs is 1. The summed E-state index contributed by atoms with van der Waals surface area (Å²) < 4.78 is 15.1. The monoisotopic (exact) mass is 454 g/mol. The van der Waals surface area contributed by atoms with Crippen LogP contribution in [-0.4, -0.2) is 0 Å². The van der Waals surface area contributed by atoms with Gasteiger partial charge in [-0.25, -0.2) is 4.39 Å². The molecule has 0 bridgehead atoms. The minimum Gasteiger partial charge on any atom is -0.205 e. The molecular weight excluding hydrogens is 415 g/mol. The molecule has 0 nitrogen and oxygen atoms in total. The fraction of sp³-hybridized carbons (Fsp3) is 0.455. The zero-order valence-electron chi connectivity index (χ0n) is 21.0. The van der Waals surface area contributed by atoms with Crippen LogP contribution in [0, 0.1) is 23.6 Å². The Bertz CT molecular complexity index is 1120. The summed E-state index contributed by atoms with van der Waals surface area (Å²) in [6.07, 6.45) is 14.3. The number of aryl methyl sites for hydroxylation is 1. The molecule has 1 heteroatoms. The van der Waals surface area contributed by atoms with Gasteiger partial charge in [-0.3, -0.25) is 0 Å². The Hall–Kier alpha value is -2.59. The molecular formula is C33H39F. The second-order valence-corrected chi connectivity index (χ2v) is 10.2. The maximum atomic E-state index is 15.1. The highest BCUT2D eigenvalue weighted by atomic mass is 19.1. The van der Waals surface area contributed by atoms with Crippen molar-refractivity contribution in [1.82, 2.24) is 0 Å². The van der Waals surface area contributed by atoms with Crippen LogP contribution in [-0.2, 0) is 6.42 Å². The molecule has 0 spiro atoms. The van der Waals surface area contributed by atoms with Gasteiger partial charge >= 0.3 is 0 Å². The van der Waals surface area contributed by atoms with Crippen molar-refractivity contribution in [2.24, 2.45) is 5.92 Å². The number of halogens is 1. The minimum atomic E-state index is -0.209. The summed E-state index contributed by atoms with van der Waals surface area (Å²) in [5, 5.41) is 1.62. The molecule has 1 aliphatic rings. The molecule has 0 amide bonds. The average molecular weight is 455 g/mol. The molecule has 1 aliphatic carbocycles. The van der Waals surface area contributed by atoms with Crippen molar-refractivity contribution >= 4 is 10.8 Å². The van der Waals surface area contributed by atoms with E-state index in [-0.39, 0.29) is 5.82 Å². The maximum absolute atomic E-state index is 15.1. The summed E-state index contributed by atoms with van der Waals surface area (Å²) in [5.41, 5.74) is 4.14. The van der Waals surface area contributed by atoms with Gasteiger partial charge in [0.15, 0.2) is 0 Å². The SMILES string of the molecule is CCCCCC1CCC(c2ccc(C#Cc3ccc4cc(CCCC)ccc4c3F)cc2)CC1. The molecule has 0 aromatic heterocycles. The molecule has 0 unspecified atom stereocenters. The molecule has 1 fully saturated rings. The van der Waals surface area contributed by atoms with Crippen LogP contribution in [0.3, 0.4) is 0 Å². The Labute approximate surface area is 206 Å². The lowest BCUT2D eigenvalue weighted by Crippen LogP contribution is -2.13. The van der Waals surface area contributed by atoms with Crippen molar-refractivity contribution in [1.29, 1.82) is 0 Å². The van der Waals surface area contributed by atoms with Crippen LogP contribution in [0.15, 0.2) is 54.6 Å². The standard InChI is InChI=1S/C33H39F/c1-3-5-7-9-25-10-16-28(17-11-25)29-18-12-26(13-19-29)14-20-30-21-22-31-24-27(8-6-4-2)15-23-32(31)33(30)34/h12-13,15,18-19,21-25,28H,3-11,16-17H2,1-2H3. The highest BCUT2D eigenvalue weighted by Crippen LogP contribution is 2.37. The predicted octanol–water partition coefficient (Wildman–Crippen LogP) is 9.58. The third-order valence-electron chi connectivity index (χ3n) is 7.62. The van der Waals surface area contributed by atoms with E-state index in [1.807, 2.05) is 18.2 Å². The summed E-state index contributed by atoms with van der Waals surface area (Å²) >= 11 is 0. The summed E-state index contributed by atoms with van der Waals surface area (Å²) in [4.78, 5) is 0. The van der Waals surface area contributed by atoms with E-state index < -0.39 is 0 Å². The topological polar surface area (TPSA) is 0 Å². The van der Waals surface area contributed by atoms with Crippen LogP contribution < -0.4 is 0 Å². The fourth-order valence-corrected chi connectivity index (χ4v) is 5.42. The lowest BCUT2D eigenvalue weighted by Gasteiger charge is -2.29. The first-order chi connectivity index (χ1) is 16.7. The zero-order valence-corrected chi connectivity index (χ0v) is 21.0. The predicted molar refractivity (Wildman–Crippen MR) is 144 cm³/mol. The van der Waals surface area contributed by atoms with E-state index in [4.69, 9.17) is 0 Å². The van der Waals surface area contributed by atoms with Gasteiger partial charge in [0.25, 0.3) is 0 Å². The summed E-state index contributed by atoms with van der Waals surface area (Å²) in [7, 11) is 0. The zero-order chi connectivity index (χ0) is 23.8. The second-order valence-electron chi connectivity index (χ2n) is 10.2. The van der Waals surface area contributed by atoms with Crippen molar-refractivity contribution in [3.8, 4) is 11.8 Å². The normalized spacial score (nSPS) is 18.0. The lowest BCUT2D eigenvalue weighted by molar-refractivity contribution is 0.303. The Morgan fingerprint density at radius 1 is 0.794 bits per heavy atom. The van der Waals surface area contributed by atoms with Crippen molar-refractivity contribution in [3.63, 3.8) is 0 Å².